The number of pyridine rings is 1. The third-order valence-electron chi connectivity index (χ3n) is 7.66. The Hall–Kier alpha value is -2.03. The predicted molar refractivity (Wildman–Crippen MR) is 132 cm³/mol. The van der Waals surface area contributed by atoms with Crippen LogP contribution in [0.3, 0.4) is 0 Å². The van der Waals surface area contributed by atoms with E-state index in [9.17, 15) is 10.2 Å². The number of hydrogen-bond acceptors (Lipinski definition) is 6. The highest BCUT2D eigenvalue weighted by Gasteiger charge is 2.43. The third-order valence-corrected chi connectivity index (χ3v) is 8.09. The van der Waals surface area contributed by atoms with Crippen molar-refractivity contribution in [3.63, 3.8) is 0 Å². The Balaban J connectivity index is 1.62. The molecule has 3 N–H and O–H groups in total. The largest absolute Gasteiger partial charge is 0.390 e. The minimum absolute atomic E-state index is 0.0479. The molecule has 0 amide bonds. The molecule has 8 heteroatoms. The van der Waals surface area contributed by atoms with Crippen molar-refractivity contribution < 1.29 is 14.9 Å². The van der Waals surface area contributed by atoms with E-state index in [-0.39, 0.29) is 12.5 Å². The third kappa shape index (κ3) is 4.25. The summed E-state index contributed by atoms with van der Waals surface area (Å²) in [6.45, 7) is 3.11. The number of benzene rings is 1. The quantitative estimate of drug-likeness (QED) is 0.497. The van der Waals surface area contributed by atoms with Gasteiger partial charge in [0.1, 0.15) is 5.60 Å². The summed E-state index contributed by atoms with van der Waals surface area (Å²) < 4.78 is 7.41. The number of fused-ring (bicyclic) bond motifs is 1. The average Bonchev–Trinajstić information content (AvgIpc) is 3.32. The van der Waals surface area contributed by atoms with E-state index in [1.54, 1.807) is 12.5 Å². The lowest BCUT2D eigenvalue weighted by Crippen LogP contribution is -2.43. The minimum atomic E-state index is -1.19. The standard InChI is InChI=1S/C26H33ClN4O3/c1-31-16-29-14-24(31)26(33,18-4-8-28-9-5-18)19-2-3-22-21(13-19)25(27)20(23(15-32)30-22)12-17-6-10-34-11-7-17/h2-3,13-14,16-18,28,32-33H,4-12,15H2,1H3. The summed E-state index contributed by atoms with van der Waals surface area (Å²) in [5, 5.41) is 27.2. The molecule has 3 aromatic rings. The number of aliphatic hydroxyl groups excluding tert-OH is 1. The van der Waals surface area contributed by atoms with Crippen molar-refractivity contribution in [3.8, 4) is 0 Å². The van der Waals surface area contributed by atoms with Gasteiger partial charge in [0.2, 0.25) is 0 Å². The Morgan fingerprint density at radius 1 is 1.21 bits per heavy atom. The summed E-state index contributed by atoms with van der Waals surface area (Å²) in [6, 6.07) is 5.85. The fourth-order valence-corrected chi connectivity index (χ4v) is 6.02. The molecule has 1 aromatic carbocycles. The molecule has 0 bridgehead atoms. The number of halogens is 1. The van der Waals surface area contributed by atoms with Crippen LogP contribution in [0.2, 0.25) is 5.02 Å². The van der Waals surface area contributed by atoms with Crippen molar-refractivity contribution >= 4 is 22.5 Å². The molecule has 5 rings (SSSR count). The van der Waals surface area contributed by atoms with E-state index in [0.29, 0.717) is 16.6 Å². The molecule has 1 atom stereocenters. The van der Waals surface area contributed by atoms with Crippen molar-refractivity contribution in [1.82, 2.24) is 19.9 Å². The monoisotopic (exact) mass is 484 g/mol. The topological polar surface area (TPSA) is 92.4 Å². The fourth-order valence-electron chi connectivity index (χ4n) is 5.68. The van der Waals surface area contributed by atoms with Gasteiger partial charge in [-0.1, -0.05) is 17.7 Å². The first-order valence-corrected chi connectivity index (χ1v) is 12.6. The lowest BCUT2D eigenvalue weighted by molar-refractivity contribution is -0.00364. The fraction of sp³-hybridized carbons (Fsp3) is 0.538. The van der Waals surface area contributed by atoms with Gasteiger partial charge < -0.3 is 24.8 Å². The number of hydrogen-bond donors (Lipinski definition) is 3. The predicted octanol–water partition coefficient (Wildman–Crippen LogP) is 3.32. The van der Waals surface area contributed by atoms with Crippen LogP contribution in [0.5, 0.6) is 0 Å². The number of piperidine rings is 1. The molecule has 1 unspecified atom stereocenters. The van der Waals surface area contributed by atoms with E-state index in [0.717, 1.165) is 86.1 Å². The molecule has 2 aliphatic heterocycles. The first kappa shape index (κ1) is 23.7. The van der Waals surface area contributed by atoms with Gasteiger partial charge in [-0.3, -0.25) is 0 Å². The molecule has 7 nitrogen and oxygen atoms in total. The van der Waals surface area contributed by atoms with E-state index >= 15 is 0 Å². The van der Waals surface area contributed by atoms with Crippen LogP contribution < -0.4 is 5.32 Å². The van der Waals surface area contributed by atoms with Gasteiger partial charge in [0.05, 0.1) is 41.1 Å². The van der Waals surface area contributed by atoms with E-state index < -0.39 is 5.60 Å². The Kier molecular flexibility index (Phi) is 6.91. The second-order valence-corrected chi connectivity index (χ2v) is 10.1. The molecular weight excluding hydrogens is 452 g/mol. The van der Waals surface area contributed by atoms with Gasteiger partial charge in [0, 0.05) is 31.6 Å². The SMILES string of the molecule is Cn1cncc1C(O)(c1ccc2nc(CO)c(CC3CCOCC3)c(Cl)c2c1)C1CCNCC1. The molecule has 2 aliphatic rings. The summed E-state index contributed by atoms with van der Waals surface area (Å²) in [5.41, 5.74) is 2.65. The molecule has 4 heterocycles. The van der Waals surface area contributed by atoms with Crippen molar-refractivity contribution in [3.05, 3.63) is 58.3 Å². The second kappa shape index (κ2) is 9.91. The highest BCUT2D eigenvalue weighted by molar-refractivity contribution is 6.36. The molecule has 0 radical (unpaired) electrons. The van der Waals surface area contributed by atoms with Gasteiger partial charge >= 0.3 is 0 Å². The number of ether oxygens (including phenoxy) is 1. The zero-order valence-electron chi connectivity index (χ0n) is 19.6. The molecule has 182 valence electrons. The molecule has 0 saturated carbocycles. The van der Waals surface area contributed by atoms with E-state index in [1.807, 2.05) is 29.8 Å². The Morgan fingerprint density at radius 3 is 2.65 bits per heavy atom. The van der Waals surface area contributed by atoms with Crippen LogP contribution in [0.25, 0.3) is 10.9 Å². The Morgan fingerprint density at radius 2 is 1.97 bits per heavy atom. The molecule has 2 fully saturated rings. The number of aromatic nitrogens is 3. The molecule has 0 spiro atoms. The highest BCUT2D eigenvalue weighted by atomic mass is 35.5. The number of aliphatic hydroxyl groups is 2. The van der Waals surface area contributed by atoms with Gasteiger partial charge in [-0.15, -0.1) is 0 Å². The molecule has 2 saturated heterocycles. The number of nitrogens with zero attached hydrogens (tertiary/aromatic N) is 3. The van der Waals surface area contributed by atoms with E-state index in [2.05, 4.69) is 10.3 Å². The van der Waals surface area contributed by atoms with Gasteiger partial charge in [-0.25, -0.2) is 9.97 Å². The number of rotatable bonds is 6. The van der Waals surface area contributed by atoms with E-state index in [4.69, 9.17) is 21.3 Å². The number of imidazole rings is 1. The first-order chi connectivity index (χ1) is 16.5. The summed E-state index contributed by atoms with van der Waals surface area (Å²) in [5.74, 6) is 0.506. The zero-order valence-corrected chi connectivity index (χ0v) is 20.4. The number of nitrogens with one attached hydrogen (secondary N) is 1. The van der Waals surface area contributed by atoms with E-state index in [1.165, 1.54) is 0 Å². The summed E-state index contributed by atoms with van der Waals surface area (Å²) in [7, 11) is 1.92. The van der Waals surface area contributed by atoms with Crippen LogP contribution in [-0.2, 0) is 30.4 Å². The molecular formula is C26H33ClN4O3. The van der Waals surface area contributed by atoms with Crippen LogP contribution in [0.1, 0.15) is 48.2 Å². The normalized spacial score (nSPS) is 20.0. The summed E-state index contributed by atoms with van der Waals surface area (Å²) in [4.78, 5) is 9.06. The highest BCUT2D eigenvalue weighted by Crippen LogP contribution is 2.43. The summed E-state index contributed by atoms with van der Waals surface area (Å²) >= 11 is 7.02. The van der Waals surface area contributed by atoms with Crippen LogP contribution in [-0.4, -0.2) is 51.1 Å². The van der Waals surface area contributed by atoms with Crippen molar-refractivity contribution in [2.45, 2.75) is 44.3 Å². The van der Waals surface area contributed by atoms with Crippen molar-refractivity contribution in [2.24, 2.45) is 18.9 Å². The van der Waals surface area contributed by atoms with Crippen molar-refractivity contribution in [1.29, 1.82) is 0 Å². The summed E-state index contributed by atoms with van der Waals surface area (Å²) in [6.07, 6.45) is 7.96. The lowest BCUT2D eigenvalue weighted by atomic mass is 9.74. The number of aryl methyl sites for hydroxylation is 1. The maximum atomic E-state index is 12.3. The van der Waals surface area contributed by atoms with Gasteiger partial charge in [0.25, 0.3) is 0 Å². The minimum Gasteiger partial charge on any atom is -0.390 e. The average molecular weight is 485 g/mol. The molecule has 0 aliphatic carbocycles. The Bertz CT molecular complexity index is 1150. The zero-order chi connectivity index (χ0) is 23.7. The van der Waals surface area contributed by atoms with Gasteiger partial charge in [-0.2, -0.15) is 0 Å². The lowest BCUT2D eigenvalue weighted by Gasteiger charge is -2.39. The molecule has 2 aromatic heterocycles. The van der Waals surface area contributed by atoms with Gasteiger partial charge in [0.15, 0.2) is 0 Å². The van der Waals surface area contributed by atoms with Crippen LogP contribution in [0, 0.1) is 11.8 Å². The first-order valence-electron chi connectivity index (χ1n) is 12.2. The molecule has 34 heavy (non-hydrogen) atoms. The smallest absolute Gasteiger partial charge is 0.134 e. The maximum Gasteiger partial charge on any atom is 0.134 e. The van der Waals surface area contributed by atoms with Crippen LogP contribution in [0.4, 0.5) is 0 Å². The van der Waals surface area contributed by atoms with Crippen LogP contribution in [0.15, 0.2) is 30.7 Å². The Labute approximate surface area is 205 Å². The van der Waals surface area contributed by atoms with Crippen LogP contribution >= 0.6 is 11.6 Å². The maximum absolute atomic E-state index is 12.3. The van der Waals surface area contributed by atoms with Crippen molar-refractivity contribution in [2.75, 3.05) is 26.3 Å². The van der Waals surface area contributed by atoms with Gasteiger partial charge in [-0.05, 0) is 74.4 Å². The second-order valence-electron chi connectivity index (χ2n) is 9.68.